The molecule has 0 saturated carbocycles. The summed E-state index contributed by atoms with van der Waals surface area (Å²) in [6, 6.07) is 9.72. The normalized spacial score (nSPS) is 15.9. The van der Waals surface area contributed by atoms with Gasteiger partial charge in [0.2, 0.25) is 5.95 Å². The number of furan rings is 1. The van der Waals surface area contributed by atoms with Gasteiger partial charge in [0, 0.05) is 6.42 Å². The van der Waals surface area contributed by atoms with E-state index in [9.17, 15) is 4.79 Å². The lowest BCUT2D eigenvalue weighted by Crippen LogP contribution is -2.07. The van der Waals surface area contributed by atoms with Crippen molar-refractivity contribution in [2.24, 2.45) is 0 Å². The first-order valence-electron chi connectivity index (χ1n) is 8.00. The standard InChI is InChI=1S/C19H17N3O3/c1-10-6-11(2)8-12(7-10)9-14-17-15(18(23)25-14)16(21-19(20)22-17)13-4-3-5-24-13/h3-8,14H,9H2,1-2H3,(H2,20,21,22). The molecule has 1 atom stereocenters. The third kappa shape index (κ3) is 2.76. The van der Waals surface area contributed by atoms with Gasteiger partial charge >= 0.3 is 5.97 Å². The number of carbonyl (C=O) groups is 1. The molecule has 2 aromatic heterocycles. The molecule has 0 aliphatic carbocycles. The summed E-state index contributed by atoms with van der Waals surface area (Å²) in [5, 5.41) is 0. The molecule has 0 bridgehead atoms. The summed E-state index contributed by atoms with van der Waals surface area (Å²) in [4.78, 5) is 20.9. The van der Waals surface area contributed by atoms with Gasteiger partial charge in [0.25, 0.3) is 0 Å². The maximum atomic E-state index is 12.4. The summed E-state index contributed by atoms with van der Waals surface area (Å²) in [5.41, 5.74) is 10.5. The molecular weight excluding hydrogens is 318 g/mol. The van der Waals surface area contributed by atoms with Crippen LogP contribution in [0.5, 0.6) is 0 Å². The number of esters is 1. The number of fused-ring (bicyclic) bond motifs is 1. The van der Waals surface area contributed by atoms with Crippen LogP contribution in [0.1, 0.15) is 38.8 Å². The van der Waals surface area contributed by atoms with Crippen molar-refractivity contribution in [2.75, 3.05) is 5.73 Å². The highest BCUT2D eigenvalue weighted by Crippen LogP contribution is 2.37. The number of nitrogens with zero attached hydrogens (tertiary/aromatic N) is 2. The Labute approximate surface area is 144 Å². The van der Waals surface area contributed by atoms with Crippen molar-refractivity contribution >= 4 is 11.9 Å². The van der Waals surface area contributed by atoms with Crippen LogP contribution in [0.25, 0.3) is 11.5 Å². The van der Waals surface area contributed by atoms with E-state index in [0.717, 1.165) is 16.7 Å². The Balaban J connectivity index is 1.77. The highest BCUT2D eigenvalue weighted by Gasteiger charge is 2.37. The molecule has 0 amide bonds. The number of carbonyl (C=O) groups excluding carboxylic acids is 1. The molecule has 0 fully saturated rings. The number of hydrogen-bond donors (Lipinski definition) is 1. The number of aryl methyl sites for hydroxylation is 2. The number of nitrogen functional groups attached to an aromatic ring is 1. The zero-order chi connectivity index (χ0) is 17.6. The Hall–Kier alpha value is -3.15. The third-order valence-electron chi connectivity index (χ3n) is 4.17. The SMILES string of the molecule is Cc1cc(C)cc(CC2OC(=O)c3c(-c4ccco4)nc(N)nc32)c1. The number of rotatable bonds is 3. The molecule has 0 saturated heterocycles. The van der Waals surface area contributed by atoms with Gasteiger partial charge in [0.05, 0.1) is 6.26 Å². The topological polar surface area (TPSA) is 91.2 Å². The number of aromatic nitrogens is 2. The fraction of sp³-hybridized carbons (Fsp3) is 0.211. The van der Waals surface area contributed by atoms with E-state index in [1.165, 1.54) is 6.26 Å². The summed E-state index contributed by atoms with van der Waals surface area (Å²) in [6.45, 7) is 4.08. The molecule has 1 aromatic carbocycles. The van der Waals surface area contributed by atoms with Gasteiger partial charge in [-0.2, -0.15) is 0 Å². The molecule has 2 N–H and O–H groups in total. The predicted molar refractivity (Wildman–Crippen MR) is 91.9 cm³/mol. The van der Waals surface area contributed by atoms with Crippen molar-refractivity contribution in [3.63, 3.8) is 0 Å². The van der Waals surface area contributed by atoms with Gasteiger partial charge in [-0.1, -0.05) is 29.3 Å². The largest absolute Gasteiger partial charge is 0.463 e. The molecule has 3 heterocycles. The molecule has 1 aliphatic heterocycles. The lowest BCUT2D eigenvalue weighted by atomic mass is 9.99. The average Bonchev–Trinajstić information content (AvgIpc) is 3.15. The maximum absolute atomic E-state index is 12.4. The lowest BCUT2D eigenvalue weighted by Gasteiger charge is -2.12. The second-order valence-electron chi connectivity index (χ2n) is 6.26. The van der Waals surface area contributed by atoms with E-state index in [-0.39, 0.29) is 5.95 Å². The number of hydrogen-bond acceptors (Lipinski definition) is 6. The highest BCUT2D eigenvalue weighted by molar-refractivity contribution is 5.99. The van der Waals surface area contributed by atoms with E-state index >= 15 is 0 Å². The fourth-order valence-corrected chi connectivity index (χ4v) is 3.31. The van der Waals surface area contributed by atoms with E-state index < -0.39 is 12.1 Å². The van der Waals surface area contributed by atoms with Crippen molar-refractivity contribution in [3.05, 3.63) is 64.5 Å². The Morgan fingerprint density at radius 1 is 1.16 bits per heavy atom. The van der Waals surface area contributed by atoms with E-state index in [2.05, 4.69) is 28.2 Å². The molecule has 126 valence electrons. The molecular formula is C19H17N3O3. The molecule has 1 aliphatic rings. The minimum absolute atomic E-state index is 0.0915. The smallest absolute Gasteiger partial charge is 0.343 e. The van der Waals surface area contributed by atoms with Crippen LogP contribution in [0.4, 0.5) is 5.95 Å². The first-order chi connectivity index (χ1) is 12.0. The van der Waals surface area contributed by atoms with E-state index in [1.54, 1.807) is 12.1 Å². The number of benzene rings is 1. The Bertz CT molecular complexity index is 944. The van der Waals surface area contributed by atoms with Crippen molar-refractivity contribution in [2.45, 2.75) is 26.4 Å². The van der Waals surface area contributed by atoms with Gasteiger partial charge in [-0.05, 0) is 31.5 Å². The minimum atomic E-state index is -0.484. The average molecular weight is 335 g/mol. The van der Waals surface area contributed by atoms with Gasteiger partial charge in [-0.15, -0.1) is 0 Å². The molecule has 4 rings (SSSR count). The van der Waals surface area contributed by atoms with Crippen LogP contribution in [-0.2, 0) is 11.2 Å². The van der Waals surface area contributed by atoms with E-state index in [4.69, 9.17) is 14.9 Å². The van der Waals surface area contributed by atoms with Crippen molar-refractivity contribution in [1.82, 2.24) is 9.97 Å². The van der Waals surface area contributed by atoms with Gasteiger partial charge in [0.1, 0.15) is 23.1 Å². The van der Waals surface area contributed by atoms with Crippen LogP contribution >= 0.6 is 0 Å². The van der Waals surface area contributed by atoms with Crippen LogP contribution in [0.3, 0.4) is 0 Å². The molecule has 25 heavy (non-hydrogen) atoms. The van der Waals surface area contributed by atoms with Gasteiger partial charge < -0.3 is 14.9 Å². The minimum Gasteiger partial charge on any atom is -0.463 e. The molecule has 3 aromatic rings. The molecule has 6 nitrogen and oxygen atoms in total. The number of cyclic esters (lactones) is 1. The lowest BCUT2D eigenvalue weighted by molar-refractivity contribution is 0.0382. The number of anilines is 1. The fourth-order valence-electron chi connectivity index (χ4n) is 3.31. The van der Waals surface area contributed by atoms with Gasteiger partial charge in [0.15, 0.2) is 5.76 Å². The Kier molecular flexibility index (Phi) is 3.53. The zero-order valence-electron chi connectivity index (χ0n) is 13.9. The van der Waals surface area contributed by atoms with Gasteiger partial charge in [-0.25, -0.2) is 14.8 Å². The molecule has 1 unspecified atom stereocenters. The van der Waals surface area contributed by atoms with Gasteiger partial charge in [-0.3, -0.25) is 0 Å². The Morgan fingerprint density at radius 2 is 1.92 bits per heavy atom. The maximum Gasteiger partial charge on any atom is 0.343 e. The molecule has 0 radical (unpaired) electrons. The summed E-state index contributed by atoms with van der Waals surface area (Å²) in [6.07, 6.45) is 1.57. The van der Waals surface area contributed by atoms with Crippen LogP contribution in [0.2, 0.25) is 0 Å². The van der Waals surface area contributed by atoms with Crippen molar-refractivity contribution in [1.29, 1.82) is 0 Å². The third-order valence-corrected chi connectivity index (χ3v) is 4.17. The monoisotopic (exact) mass is 335 g/mol. The van der Waals surface area contributed by atoms with Crippen LogP contribution < -0.4 is 5.73 Å². The number of ether oxygens (including phenoxy) is 1. The quantitative estimate of drug-likeness (QED) is 0.738. The summed E-state index contributed by atoms with van der Waals surface area (Å²) < 4.78 is 11.0. The second-order valence-corrected chi connectivity index (χ2v) is 6.26. The first kappa shape index (κ1) is 15.4. The predicted octanol–water partition coefficient (Wildman–Crippen LogP) is 3.39. The second kappa shape index (κ2) is 5.73. The van der Waals surface area contributed by atoms with E-state index in [0.29, 0.717) is 29.1 Å². The van der Waals surface area contributed by atoms with E-state index in [1.807, 2.05) is 13.8 Å². The highest BCUT2D eigenvalue weighted by atomic mass is 16.5. The molecule has 0 spiro atoms. The zero-order valence-corrected chi connectivity index (χ0v) is 13.9. The van der Waals surface area contributed by atoms with Crippen LogP contribution in [0.15, 0.2) is 41.0 Å². The summed E-state index contributed by atoms with van der Waals surface area (Å²) >= 11 is 0. The van der Waals surface area contributed by atoms with Crippen LogP contribution in [0, 0.1) is 13.8 Å². The van der Waals surface area contributed by atoms with Crippen molar-refractivity contribution < 1.29 is 13.9 Å². The first-order valence-corrected chi connectivity index (χ1v) is 8.00. The number of nitrogens with two attached hydrogens (primary N) is 1. The summed E-state index contributed by atoms with van der Waals surface area (Å²) in [5.74, 6) is 0.110. The molecule has 6 heteroatoms. The van der Waals surface area contributed by atoms with Crippen LogP contribution in [-0.4, -0.2) is 15.9 Å². The Morgan fingerprint density at radius 3 is 2.60 bits per heavy atom. The van der Waals surface area contributed by atoms with Crippen molar-refractivity contribution in [3.8, 4) is 11.5 Å². The summed E-state index contributed by atoms with van der Waals surface area (Å²) in [7, 11) is 0.